The standard InChI is InChI=1S/C17H21N3O2/c1-4-12(5-2)17(22)18-14-8-6-13(7-9-14)15-10-11-16(21)20(3)19-15/h6-12H,4-5H2,1-3H3,(H,18,22). The SMILES string of the molecule is CCC(CC)C(=O)Nc1ccc(-c2ccc(=O)n(C)n2)cc1. The molecule has 2 rings (SSSR count). The van der Waals surface area contributed by atoms with Crippen LogP contribution in [0.5, 0.6) is 0 Å². The van der Waals surface area contributed by atoms with Crippen molar-refractivity contribution in [3.05, 3.63) is 46.8 Å². The van der Waals surface area contributed by atoms with Crippen LogP contribution in [-0.4, -0.2) is 15.7 Å². The minimum Gasteiger partial charge on any atom is -0.326 e. The molecule has 0 atom stereocenters. The highest BCUT2D eigenvalue weighted by Crippen LogP contribution is 2.19. The molecule has 0 aliphatic heterocycles. The topological polar surface area (TPSA) is 64.0 Å². The monoisotopic (exact) mass is 299 g/mol. The largest absolute Gasteiger partial charge is 0.326 e. The Morgan fingerprint density at radius 1 is 1.14 bits per heavy atom. The second-order valence-corrected chi connectivity index (χ2v) is 5.26. The highest BCUT2D eigenvalue weighted by Gasteiger charge is 2.14. The van der Waals surface area contributed by atoms with E-state index in [4.69, 9.17) is 0 Å². The Balaban J connectivity index is 2.15. The molecule has 0 unspecified atom stereocenters. The van der Waals surface area contributed by atoms with Gasteiger partial charge in [-0.15, -0.1) is 0 Å². The molecule has 0 saturated heterocycles. The molecule has 0 bridgehead atoms. The number of nitrogens with one attached hydrogen (secondary N) is 1. The molecule has 0 aliphatic rings. The van der Waals surface area contributed by atoms with E-state index in [9.17, 15) is 9.59 Å². The van der Waals surface area contributed by atoms with Gasteiger partial charge in [-0.1, -0.05) is 26.0 Å². The van der Waals surface area contributed by atoms with Crippen molar-refractivity contribution in [2.24, 2.45) is 13.0 Å². The molecule has 1 heterocycles. The zero-order valence-electron chi connectivity index (χ0n) is 13.2. The summed E-state index contributed by atoms with van der Waals surface area (Å²) in [5.74, 6) is 0.1000. The number of carbonyl (C=O) groups excluding carboxylic acids is 1. The Morgan fingerprint density at radius 3 is 2.32 bits per heavy atom. The highest BCUT2D eigenvalue weighted by atomic mass is 16.2. The molecule has 0 fully saturated rings. The summed E-state index contributed by atoms with van der Waals surface area (Å²) in [4.78, 5) is 23.4. The van der Waals surface area contributed by atoms with Gasteiger partial charge in [-0.05, 0) is 31.0 Å². The normalized spacial score (nSPS) is 10.7. The van der Waals surface area contributed by atoms with E-state index < -0.39 is 0 Å². The van der Waals surface area contributed by atoms with E-state index in [-0.39, 0.29) is 17.4 Å². The van der Waals surface area contributed by atoms with Crippen LogP contribution in [0, 0.1) is 5.92 Å². The van der Waals surface area contributed by atoms with Gasteiger partial charge in [0, 0.05) is 30.3 Å². The number of aryl methyl sites for hydroxylation is 1. The summed E-state index contributed by atoms with van der Waals surface area (Å²) in [5.41, 5.74) is 2.25. The van der Waals surface area contributed by atoms with Crippen molar-refractivity contribution < 1.29 is 4.79 Å². The van der Waals surface area contributed by atoms with E-state index in [1.165, 1.54) is 10.7 Å². The fraction of sp³-hybridized carbons (Fsp3) is 0.353. The summed E-state index contributed by atoms with van der Waals surface area (Å²) < 4.78 is 1.30. The Kier molecular flexibility index (Phi) is 5.09. The maximum absolute atomic E-state index is 12.1. The third-order valence-electron chi connectivity index (χ3n) is 3.77. The zero-order chi connectivity index (χ0) is 16.1. The minimum absolute atomic E-state index is 0.0463. The fourth-order valence-electron chi connectivity index (χ4n) is 2.28. The number of amides is 1. The Hall–Kier alpha value is -2.43. The predicted octanol–water partition coefficient (Wildman–Crippen LogP) is 2.82. The summed E-state index contributed by atoms with van der Waals surface area (Å²) in [6.45, 7) is 4.03. The molecular weight excluding hydrogens is 278 g/mol. The van der Waals surface area contributed by atoms with Crippen LogP contribution in [0.15, 0.2) is 41.2 Å². The first-order valence-corrected chi connectivity index (χ1v) is 7.50. The van der Waals surface area contributed by atoms with Crippen molar-refractivity contribution in [3.8, 4) is 11.3 Å². The maximum Gasteiger partial charge on any atom is 0.266 e. The molecule has 1 N–H and O–H groups in total. The van der Waals surface area contributed by atoms with E-state index in [0.29, 0.717) is 0 Å². The van der Waals surface area contributed by atoms with E-state index >= 15 is 0 Å². The second-order valence-electron chi connectivity index (χ2n) is 5.26. The van der Waals surface area contributed by atoms with Gasteiger partial charge in [-0.2, -0.15) is 5.10 Å². The van der Waals surface area contributed by atoms with Crippen LogP contribution in [-0.2, 0) is 11.8 Å². The Labute approximate surface area is 130 Å². The Bertz CT molecular complexity index is 701. The van der Waals surface area contributed by atoms with Gasteiger partial charge in [0.05, 0.1) is 5.69 Å². The van der Waals surface area contributed by atoms with Crippen LogP contribution in [0.1, 0.15) is 26.7 Å². The average molecular weight is 299 g/mol. The molecule has 0 aliphatic carbocycles. The van der Waals surface area contributed by atoms with Gasteiger partial charge in [0.15, 0.2) is 0 Å². The number of benzene rings is 1. The number of carbonyl (C=O) groups is 1. The molecular formula is C17H21N3O2. The van der Waals surface area contributed by atoms with E-state index in [2.05, 4.69) is 10.4 Å². The third kappa shape index (κ3) is 3.61. The summed E-state index contributed by atoms with van der Waals surface area (Å²) in [6.07, 6.45) is 1.67. The first-order valence-electron chi connectivity index (χ1n) is 7.50. The summed E-state index contributed by atoms with van der Waals surface area (Å²) in [7, 11) is 1.62. The van der Waals surface area contributed by atoms with Crippen molar-refractivity contribution in [2.45, 2.75) is 26.7 Å². The lowest BCUT2D eigenvalue weighted by atomic mass is 10.0. The summed E-state index contributed by atoms with van der Waals surface area (Å²) in [5, 5.41) is 7.13. The van der Waals surface area contributed by atoms with Crippen LogP contribution in [0.4, 0.5) is 5.69 Å². The average Bonchev–Trinajstić information content (AvgIpc) is 2.52. The van der Waals surface area contributed by atoms with Crippen LogP contribution < -0.4 is 10.9 Å². The quantitative estimate of drug-likeness (QED) is 0.923. The highest BCUT2D eigenvalue weighted by molar-refractivity contribution is 5.92. The number of hydrogen-bond donors (Lipinski definition) is 1. The molecule has 1 aromatic carbocycles. The molecule has 1 amide bonds. The number of anilines is 1. The molecule has 0 radical (unpaired) electrons. The fourth-order valence-corrected chi connectivity index (χ4v) is 2.28. The second kappa shape index (κ2) is 7.02. The number of nitrogens with zero attached hydrogens (tertiary/aromatic N) is 2. The molecule has 0 spiro atoms. The van der Waals surface area contributed by atoms with Crippen molar-refractivity contribution in [1.82, 2.24) is 9.78 Å². The molecule has 0 saturated carbocycles. The molecule has 5 nitrogen and oxygen atoms in total. The lowest BCUT2D eigenvalue weighted by Gasteiger charge is -2.13. The first kappa shape index (κ1) is 15.9. The summed E-state index contributed by atoms with van der Waals surface area (Å²) in [6, 6.07) is 10.7. The van der Waals surface area contributed by atoms with Crippen LogP contribution in [0.2, 0.25) is 0 Å². The molecule has 2 aromatic rings. The molecule has 1 aromatic heterocycles. The van der Waals surface area contributed by atoms with Crippen molar-refractivity contribution in [1.29, 1.82) is 0 Å². The van der Waals surface area contributed by atoms with Crippen LogP contribution in [0.25, 0.3) is 11.3 Å². The molecule has 22 heavy (non-hydrogen) atoms. The lowest BCUT2D eigenvalue weighted by molar-refractivity contribution is -0.120. The molecule has 5 heteroatoms. The van der Waals surface area contributed by atoms with Crippen molar-refractivity contribution in [2.75, 3.05) is 5.32 Å². The minimum atomic E-state index is -0.141. The van der Waals surface area contributed by atoms with Gasteiger partial charge in [0.2, 0.25) is 5.91 Å². The van der Waals surface area contributed by atoms with E-state index in [0.717, 1.165) is 29.8 Å². The van der Waals surface area contributed by atoms with E-state index in [1.54, 1.807) is 13.1 Å². The lowest BCUT2D eigenvalue weighted by Crippen LogP contribution is -2.21. The zero-order valence-corrected chi connectivity index (χ0v) is 13.2. The maximum atomic E-state index is 12.1. The first-order chi connectivity index (χ1) is 10.5. The van der Waals surface area contributed by atoms with Gasteiger partial charge in [0.1, 0.15) is 0 Å². The van der Waals surface area contributed by atoms with Gasteiger partial charge < -0.3 is 5.32 Å². The smallest absolute Gasteiger partial charge is 0.266 e. The van der Waals surface area contributed by atoms with Gasteiger partial charge in [0.25, 0.3) is 5.56 Å². The number of aromatic nitrogens is 2. The van der Waals surface area contributed by atoms with Gasteiger partial charge in [-0.3, -0.25) is 9.59 Å². The number of hydrogen-bond acceptors (Lipinski definition) is 3. The summed E-state index contributed by atoms with van der Waals surface area (Å²) >= 11 is 0. The third-order valence-corrected chi connectivity index (χ3v) is 3.77. The van der Waals surface area contributed by atoms with E-state index in [1.807, 2.05) is 38.1 Å². The Morgan fingerprint density at radius 2 is 1.77 bits per heavy atom. The van der Waals surface area contributed by atoms with Gasteiger partial charge >= 0.3 is 0 Å². The van der Waals surface area contributed by atoms with Crippen LogP contribution in [0.3, 0.4) is 0 Å². The molecule has 116 valence electrons. The van der Waals surface area contributed by atoms with Crippen LogP contribution >= 0.6 is 0 Å². The van der Waals surface area contributed by atoms with Gasteiger partial charge in [-0.25, -0.2) is 4.68 Å². The van der Waals surface area contributed by atoms with Crippen molar-refractivity contribution >= 4 is 11.6 Å². The number of rotatable bonds is 5. The van der Waals surface area contributed by atoms with Crippen molar-refractivity contribution in [3.63, 3.8) is 0 Å². The predicted molar refractivity (Wildman–Crippen MR) is 87.6 cm³/mol.